The Kier molecular flexibility index (Phi) is 4.28. The molecule has 0 bridgehead atoms. The molecule has 0 amide bonds. The molecule has 0 saturated carbocycles. The Balaban J connectivity index is 2.18. The molecule has 2 atom stereocenters. The van der Waals surface area contributed by atoms with Gasteiger partial charge in [0.05, 0.1) is 12.8 Å². The van der Waals surface area contributed by atoms with Crippen LogP contribution in [-0.4, -0.2) is 26.7 Å². The number of oxazole rings is 1. The topological polar surface area (TPSA) is 63.3 Å². The Hall–Kier alpha value is -1.46. The highest BCUT2D eigenvalue weighted by atomic mass is 32.2. The fourth-order valence-electron chi connectivity index (χ4n) is 1.59. The van der Waals surface area contributed by atoms with Crippen molar-refractivity contribution in [2.75, 3.05) is 12.4 Å². The van der Waals surface area contributed by atoms with Crippen molar-refractivity contribution in [3.8, 4) is 11.3 Å². The second-order valence-corrected chi connectivity index (χ2v) is 5.76. The van der Waals surface area contributed by atoms with Crippen molar-refractivity contribution in [1.29, 1.82) is 0 Å². The highest BCUT2D eigenvalue weighted by Crippen LogP contribution is 2.25. The summed E-state index contributed by atoms with van der Waals surface area (Å²) in [6.45, 7) is 1.69. The molecule has 1 aromatic heterocycles. The van der Waals surface area contributed by atoms with Crippen LogP contribution in [0.1, 0.15) is 18.1 Å². The molecule has 0 aliphatic carbocycles. The van der Waals surface area contributed by atoms with E-state index >= 15 is 0 Å². The van der Waals surface area contributed by atoms with Crippen LogP contribution in [0.2, 0.25) is 0 Å². The molecule has 0 saturated heterocycles. The van der Waals surface area contributed by atoms with Crippen molar-refractivity contribution in [2.24, 2.45) is 0 Å². The molecule has 0 aliphatic rings. The van der Waals surface area contributed by atoms with Crippen LogP contribution in [0, 0.1) is 0 Å². The SMILES string of the molecule is CC(c1ncc(-c2ccccc2)o1)S(=O)CCO. The van der Waals surface area contributed by atoms with Crippen LogP contribution >= 0.6 is 0 Å². The van der Waals surface area contributed by atoms with Gasteiger partial charge in [-0.2, -0.15) is 0 Å². The first-order valence-electron chi connectivity index (χ1n) is 5.71. The summed E-state index contributed by atoms with van der Waals surface area (Å²) < 4.78 is 17.4. The van der Waals surface area contributed by atoms with E-state index < -0.39 is 10.8 Å². The Labute approximate surface area is 108 Å². The summed E-state index contributed by atoms with van der Waals surface area (Å²) in [5, 5.41) is 8.46. The second kappa shape index (κ2) is 5.93. The van der Waals surface area contributed by atoms with Gasteiger partial charge in [0, 0.05) is 22.1 Å². The van der Waals surface area contributed by atoms with Crippen LogP contribution in [0.5, 0.6) is 0 Å². The third-order valence-corrected chi connectivity index (χ3v) is 4.19. The lowest BCUT2D eigenvalue weighted by molar-refractivity contribution is 0.321. The Morgan fingerprint density at radius 1 is 1.39 bits per heavy atom. The standard InChI is InChI=1S/C13H15NO3S/c1-10(18(16)8-7-15)13-14-9-12(17-13)11-5-3-2-4-6-11/h2-6,9-10,15H,7-8H2,1H3. The van der Waals surface area contributed by atoms with Gasteiger partial charge in [-0.3, -0.25) is 4.21 Å². The molecule has 0 radical (unpaired) electrons. The number of hydrogen-bond acceptors (Lipinski definition) is 4. The lowest BCUT2D eigenvalue weighted by atomic mass is 10.2. The van der Waals surface area contributed by atoms with Gasteiger partial charge in [-0.1, -0.05) is 30.3 Å². The minimum Gasteiger partial charge on any atom is -0.439 e. The molecule has 0 aliphatic heterocycles. The molecule has 4 nitrogen and oxygen atoms in total. The van der Waals surface area contributed by atoms with Gasteiger partial charge in [0.2, 0.25) is 5.89 Å². The molecule has 1 N–H and O–H groups in total. The second-order valence-electron chi connectivity index (χ2n) is 3.88. The van der Waals surface area contributed by atoms with E-state index in [1.54, 1.807) is 13.1 Å². The molecule has 2 unspecified atom stereocenters. The summed E-state index contributed by atoms with van der Waals surface area (Å²) in [5.74, 6) is 1.35. The smallest absolute Gasteiger partial charge is 0.210 e. The van der Waals surface area contributed by atoms with Crippen molar-refractivity contribution in [3.63, 3.8) is 0 Å². The molecule has 1 aromatic carbocycles. The summed E-state index contributed by atoms with van der Waals surface area (Å²) in [4.78, 5) is 4.15. The van der Waals surface area contributed by atoms with Gasteiger partial charge in [-0.05, 0) is 6.92 Å². The summed E-state index contributed by atoms with van der Waals surface area (Å²) in [6, 6.07) is 9.63. The lowest BCUT2D eigenvalue weighted by Gasteiger charge is -2.05. The predicted octanol–water partition coefficient (Wildman–Crippen LogP) is 2.14. The molecule has 2 rings (SSSR count). The molecule has 0 fully saturated rings. The normalized spacial score (nSPS) is 14.3. The monoisotopic (exact) mass is 265 g/mol. The number of aliphatic hydroxyl groups excluding tert-OH is 1. The van der Waals surface area contributed by atoms with Crippen LogP contribution in [-0.2, 0) is 10.8 Å². The van der Waals surface area contributed by atoms with Crippen molar-refractivity contribution in [3.05, 3.63) is 42.4 Å². The van der Waals surface area contributed by atoms with Crippen LogP contribution in [0.3, 0.4) is 0 Å². The van der Waals surface area contributed by atoms with E-state index in [0.717, 1.165) is 5.56 Å². The van der Waals surface area contributed by atoms with Gasteiger partial charge in [-0.15, -0.1) is 0 Å². The van der Waals surface area contributed by atoms with Crippen molar-refractivity contribution in [2.45, 2.75) is 12.2 Å². The maximum atomic E-state index is 11.7. The van der Waals surface area contributed by atoms with E-state index in [2.05, 4.69) is 4.98 Å². The fraction of sp³-hybridized carbons (Fsp3) is 0.308. The molecule has 5 heteroatoms. The molecule has 18 heavy (non-hydrogen) atoms. The highest BCUT2D eigenvalue weighted by molar-refractivity contribution is 7.85. The van der Waals surface area contributed by atoms with Crippen LogP contribution in [0.4, 0.5) is 0 Å². The fourth-order valence-corrected chi connectivity index (χ4v) is 2.46. The molecular formula is C13H15NO3S. The maximum absolute atomic E-state index is 11.7. The van der Waals surface area contributed by atoms with E-state index in [1.165, 1.54) is 0 Å². The molecule has 0 spiro atoms. The molecule has 2 aromatic rings. The van der Waals surface area contributed by atoms with Crippen LogP contribution in [0.25, 0.3) is 11.3 Å². The van der Waals surface area contributed by atoms with Gasteiger partial charge in [0.25, 0.3) is 0 Å². The first-order chi connectivity index (χ1) is 8.72. The van der Waals surface area contributed by atoms with E-state index in [9.17, 15) is 4.21 Å². The van der Waals surface area contributed by atoms with Crippen LogP contribution < -0.4 is 0 Å². The Morgan fingerprint density at radius 3 is 2.78 bits per heavy atom. The van der Waals surface area contributed by atoms with Crippen molar-refractivity contribution < 1.29 is 13.7 Å². The molecule has 1 heterocycles. The third kappa shape index (κ3) is 2.86. The zero-order chi connectivity index (χ0) is 13.0. The van der Waals surface area contributed by atoms with Gasteiger partial charge in [0.15, 0.2) is 5.76 Å². The summed E-state index contributed by atoms with van der Waals surface area (Å²) in [7, 11) is -1.17. The third-order valence-electron chi connectivity index (χ3n) is 2.62. The average molecular weight is 265 g/mol. The highest BCUT2D eigenvalue weighted by Gasteiger charge is 2.19. The van der Waals surface area contributed by atoms with Gasteiger partial charge in [0.1, 0.15) is 5.25 Å². The minimum absolute atomic E-state index is 0.0940. The van der Waals surface area contributed by atoms with Crippen LogP contribution in [0.15, 0.2) is 40.9 Å². The zero-order valence-electron chi connectivity index (χ0n) is 10.1. The summed E-state index contributed by atoms with van der Waals surface area (Å²) in [6.07, 6.45) is 1.64. The average Bonchev–Trinajstić information content (AvgIpc) is 2.89. The first kappa shape index (κ1) is 13.0. The lowest BCUT2D eigenvalue weighted by Crippen LogP contribution is -2.09. The first-order valence-corrected chi connectivity index (χ1v) is 7.09. The quantitative estimate of drug-likeness (QED) is 0.899. The van der Waals surface area contributed by atoms with Gasteiger partial charge < -0.3 is 9.52 Å². The zero-order valence-corrected chi connectivity index (χ0v) is 10.9. The van der Waals surface area contributed by atoms with E-state index in [0.29, 0.717) is 11.7 Å². The van der Waals surface area contributed by atoms with Crippen molar-refractivity contribution in [1.82, 2.24) is 4.98 Å². The van der Waals surface area contributed by atoms with Gasteiger partial charge in [-0.25, -0.2) is 4.98 Å². The Bertz CT molecular complexity index is 524. The number of benzene rings is 1. The predicted molar refractivity (Wildman–Crippen MR) is 70.4 cm³/mol. The van der Waals surface area contributed by atoms with E-state index in [4.69, 9.17) is 9.52 Å². The number of nitrogens with zero attached hydrogens (tertiary/aromatic N) is 1. The summed E-state index contributed by atoms with van der Waals surface area (Å²) >= 11 is 0. The number of hydrogen-bond donors (Lipinski definition) is 1. The van der Waals surface area contributed by atoms with E-state index in [-0.39, 0.29) is 17.6 Å². The number of aliphatic hydroxyl groups is 1. The van der Waals surface area contributed by atoms with Crippen molar-refractivity contribution >= 4 is 10.8 Å². The van der Waals surface area contributed by atoms with E-state index in [1.807, 2.05) is 30.3 Å². The largest absolute Gasteiger partial charge is 0.439 e. The molecule has 96 valence electrons. The maximum Gasteiger partial charge on any atom is 0.210 e. The van der Waals surface area contributed by atoms with Gasteiger partial charge >= 0.3 is 0 Å². The summed E-state index contributed by atoms with van der Waals surface area (Å²) in [5.41, 5.74) is 0.941. The number of rotatable bonds is 5. The Morgan fingerprint density at radius 2 is 2.11 bits per heavy atom. The minimum atomic E-state index is -1.17. The number of aromatic nitrogens is 1. The molecular weight excluding hydrogens is 250 g/mol.